The zero-order chi connectivity index (χ0) is 49.3. The molecule has 63 heavy (non-hydrogen) atoms. The molecule has 0 atom stereocenters. The summed E-state index contributed by atoms with van der Waals surface area (Å²) >= 11 is 0. The van der Waals surface area contributed by atoms with Crippen molar-refractivity contribution in [3.8, 4) is 0 Å². The van der Waals surface area contributed by atoms with Gasteiger partial charge in [-0.2, -0.15) is 0 Å². The molecule has 4 rings (SSSR count). The van der Waals surface area contributed by atoms with Crippen LogP contribution in [0.15, 0.2) is 0 Å². The predicted octanol–water partition coefficient (Wildman–Crippen LogP) is 13.9. The van der Waals surface area contributed by atoms with Crippen LogP contribution >= 0.6 is 0 Å². The third-order valence-electron chi connectivity index (χ3n) is 19.2. The van der Waals surface area contributed by atoms with Crippen molar-refractivity contribution in [1.29, 1.82) is 0 Å². The Labute approximate surface area is 389 Å². The van der Waals surface area contributed by atoms with Crippen molar-refractivity contribution in [1.82, 2.24) is 0 Å². The molecule has 4 fully saturated rings. The Morgan fingerprint density at radius 3 is 0.381 bits per heavy atom. The van der Waals surface area contributed by atoms with Gasteiger partial charge < -0.3 is 41.6 Å². The molecule has 0 unspecified atom stereocenters. The average Bonchev–Trinajstić information content (AvgIpc) is 3.08. The van der Waals surface area contributed by atoms with Gasteiger partial charge in [0.15, 0.2) is 0 Å². The third kappa shape index (κ3) is 6.85. The molecule has 0 bridgehead atoms. The minimum atomic E-state index is -3.37. The Morgan fingerprint density at radius 1 is 0.206 bits per heavy atom. The summed E-state index contributed by atoms with van der Waals surface area (Å²) in [6, 6.07) is 0. The first kappa shape index (κ1) is 55.4. The molecule has 0 aromatic heterocycles. The molecule has 0 aromatic carbocycles. The van der Waals surface area contributed by atoms with Crippen LogP contribution in [0.25, 0.3) is 0 Å². The van der Waals surface area contributed by atoms with Crippen molar-refractivity contribution in [2.75, 3.05) is 0 Å². The van der Waals surface area contributed by atoms with Gasteiger partial charge in [-0.05, 0) is 71.0 Å². The van der Waals surface area contributed by atoms with E-state index in [9.17, 15) is 0 Å². The lowest BCUT2D eigenvalue weighted by molar-refractivity contribution is -0.358. The maximum atomic E-state index is 7.94. The Bertz CT molecular complexity index is 1270. The molecule has 3 spiro atoms. The minimum Gasteiger partial charge on any atom is -0.680 e. The topological polar surface area (TPSA) is 83.1 Å². The molecule has 4 heterocycles. The van der Waals surface area contributed by atoms with Gasteiger partial charge in [-0.3, -0.25) is 0 Å². The Kier molecular flexibility index (Phi) is 14.8. The molecule has 4 aliphatic heterocycles. The standard InChI is InChI=1S/C51H102B3O9/c1-31(2)46(32(3)4)43(25,26)47(33(5)6,34(7)8)56-52(55-46)61-53(57-48(35(9)10,36(11)12)44(27,28)49(58-53,37(13)14)38(15)16)63-54(62-52)59-50(39(17)18,40(19)20)45(29,30)51(60-54,41(21)22)42(23)24/h31-42H,1-30H3/q-3. The van der Waals surface area contributed by atoms with E-state index in [1.807, 2.05) is 0 Å². The normalized spacial score (nSPS) is 28.3. The van der Waals surface area contributed by atoms with E-state index in [4.69, 9.17) is 41.6 Å². The third-order valence-corrected chi connectivity index (χ3v) is 19.2. The summed E-state index contributed by atoms with van der Waals surface area (Å²) in [5, 5.41) is 0. The smallest absolute Gasteiger partial charge is 0.456 e. The molecule has 0 N–H and O–H groups in total. The van der Waals surface area contributed by atoms with Gasteiger partial charge in [0, 0.05) is 49.9 Å². The summed E-state index contributed by atoms with van der Waals surface area (Å²) in [5.41, 5.74) is -6.93. The van der Waals surface area contributed by atoms with E-state index in [0.717, 1.165) is 0 Å². The Hall–Kier alpha value is -0.165. The van der Waals surface area contributed by atoms with Crippen LogP contribution in [0.5, 0.6) is 0 Å². The van der Waals surface area contributed by atoms with Crippen LogP contribution in [0.3, 0.4) is 0 Å². The molecule has 12 heteroatoms. The summed E-state index contributed by atoms with van der Waals surface area (Å²) in [5.74, 6) is -0.168. The first-order valence-electron chi connectivity index (χ1n) is 25.9. The molecule has 0 aliphatic carbocycles. The first-order chi connectivity index (χ1) is 28.2. The lowest BCUT2D eigenvalue weighted by Crippen LogP contribution is -2.91. The van der Waals surface area contributed by atoms with E-state index >= 15 is 0 Å². The van der Waals surface area contributed by atoms with Crippen LogP contribution in [0.2, 0.25) is 0 Å². The second-order valence-corrected chi connectivity index (χ2v) is 26.3. The molecule has 0 aromatic rings. The molecular formula is C51H102B3O9-3. The second-order valence-electron chi connectivity index (χ2n) is 26.3. The summed E-state index contributed by atoms with van der Waals surface area (Å²) in [7, 11) is 0. The highest BCUT2D eigenvalue weighted by atomic mass is 17.1. The summed E-state index contributed by atoms with van der Waals surface area (Å²) in [4.78, 5) is 0. The first-order valence-corrected chi connectivity index (χ1v) is 25.9. The zero-order valence-corrected chi connectivity index (χ0v) is 46.8. The van der Waals surface area contributed by atoms with Crippen LogP contribution in [0.1, 0.15) is 208 Å². The van der Waals surface area contributed by atoms with Crippen LogP contribution in [-0.2, 0) is 41.6 Å². The van der Waals surface area contributed by atoms with Gasteiger partial charge in [-0.25, -0.2) is 0 Å². The lowest BCUT2D eigenvalue weighted by Gasteiger charge is -2.85. The Balaban J connectivity index is 2.40. The maximum absolute atomic E-state index is 7.94. The number of hydrogen-bond acceptors (Lipinski definition) is 9. The van der Waals surface area contributed by atoms with Crippen molar-refractivity contribution in [3.63, 3.8) is 0 Å². The molecule has 0 radical (unpaired) electrons. The minimum absolute atomic E-state index is 0.0140. The van der Waals surface area contributed by atoms with Crippen LogP contribution in [0.4, 0.5) is 0 Å². The molecule has 372 valence electrons. The van der Waals surface area contributed by atoms with Crippen molar-refractivity contribution in [2.45, 2.75) is 241 Å². The van der Waals surface area contributed by atoms with Crippen molar-refractivity contribution >= 4 is 20.9 Å². The maximum Gasteiger partial charge on any atom is 0.456 e. The van der Waals surface area contributed by atoms with E-state index in [0.29, 0.717) is 0 Å². The molecule has 0 amide bonds. The van der Waals surface area contributed by atoms with Crippen LogP contribution in [-0.4, -0.2) is 54.5 Å². The van der Waals surface area contributed by atoms with Gasteiger partial charge in [0.25, 0.3) is 0 Å². The largest absolute Gasteiger partial charge is 0.680 e. The highest BCUT2D eigenvalue weighted by Crippen LogP contribution is 2.69. The van der Waals surface area contributed by atoms with E-state index in [1.165, 1.54) is 0 Å². The van der Waals surface area contributed by atoms with Crippen LogP contribution in [0, 0.1) is 87.3 Å². The van der Waals surface area contributed by atoms with Gasteiger partial charge in [0.1, 0.15) is 0 Å². The van der Waals surface area contributed by atoms with Gasteiger partial charge in [-0.1, -0.05) is 208 Å². The fourth-order valence-corrected chi connectivity index (χ4v) is 18.6. The van der Waals surface area contributed by atoms with Gasteiger partial charge in [0.2, 0.25) is 0 Å². The Morgan fingerprint density at radius 2 is 0.302 bits per heavy atom. The SMILES string of the molecule is CC(C)C1(C(C)C)O[B-]2(O[B-]3(O[B-]4(O2)OC(C(C)C)(C(C)C)C(C)(C)C(C(C)C)(C(C)C)O4)OC(C(C)C)(C(C)C)C(C)(C)C(C(C)C)(C(C)C)O3)OC(C(C)C)(C(C)C)C1(C)C. The predicted molar refractivity (Wildman–Crippen MR) is 263 cm³/mol. The molecule has 0 saturated carbocycles. The monoisotopic (exact) mass is 892 g/mol. The highest BCUT2D eigenvalue weighted by molar-refractivity contribution is 6.83. The molecular weight excluding hydrogens is 789 g/mol. The van der Waals surface area contributed by atoms with E-state index in [2.05, 4.69) is 208 Å². The summed E-state index contributed by atoms with van der Waals surface area (Å²) in [6.07, 6.45) is 0. The van der Waals surface area contributed by atoms with E-state index < -0.39 is 70.7 Å². The summed E-state index contributed by atoms with van der Waals surface area (Å²) in [6.45, 7) is 57.9. The quantitative estimate of drug-likeness (QED) is 0.178. The van der Waals surface area contributed by atoms with Gasteiger partial charge >= 0.3 is 20.9 Å². The highest BCUT2D eigenvalue weighted by Gasteiger charge is 2.77. The van der Waals surface area contributed by atoms with Gasteiger partial charge in [-0.15, -0.1) is 0 Å². The fraction of sp³-hybridized carbons (Fsp3) is 1.00. The fourth-order valence-electron chi connectivity index (χ4n) is 18.6. The molecule has 9 nitrogen and oxygen atoms in total. The van der Waals surface area contributed by atoms with E-state index in [1.54, 1.807) is 0 Å². The lowest BCUT2D eigenvalue weighted by atomic mass is 9.47. The van der Waals surface area contributed by atoms with E-state index in [-0.39, 0.29) is 71.0 Å². The molecule has 4 saturated heterocycles. The van der Waals surface area contributed by atoms with Gasteiger partial charge in [0.05, 0.1) is 0 Å². The zero-order valence-electron chi connectivity index (χ0n) is 46.8. The van der Waals surface area contributed by atoms with Crippen molar-refractivity contribution in [3.05, 3.63) is 0 Å². The van der Waals surface area contributed by atoms with Crippen molar-refractivity contribution < 1.29 is 41.6 Å². The number of hydrogen-bond donors (Lipinski definition) is 0. The van der Waals surface area contributed by atoms with Crippen LogP contribution < -0.4 is 0 Å². The number of rotatable bonds is 12. The second kappa shape index (κ2) is 16.8. The molecule has 4 aliphatic rings. The summed E-state index contributed by atoms with van der Waals surface area (Å²) < 4.78 is 70.9. The average molecular weight is 892 g/mol. The van der Waals surface area contributed by atoms with Crippen molar-refractivity contribution in [2.24, 2.45) is 87.3 Å².